The number of nitrogens with zero attached hydrogens (tertiary/aromatic N) is 4. The standard InChI is InChI=1S/C23H33ClN6O3/c1-4-9-28(2)23(32)30-12-5-16(6-13-30)15-29-10-7-17(8-11-29)26-21(31)18-14-19(24)20(25)27-22(18)33-3/h1,14,16-17H,5-13,15H2,2-3H3,(H2,25,27)(H,26,31). The van der Waals surface area contributed by atoms with Crippen molar-refractivity contribution in [2.45, 2.75) is 31.7 Å². The molecule has 10 heteroatoms. The van der Waals surface area contributed by atoms with Gasteiger partial charge in [0.15, 0.2) is 0 Å². The van der Waals surface area contributed by atoms with E-state index >= 15 is 0 Å². The van der Waals surface area contributed by atoms with Crippen LogP contribution in [0.3, 0.4) is 0 Å². The first kappa shape index (κ1) is 24.9. The maximum absolute atomic E-state index is 12.7. The Balaban J connectivity index is 1.42. The van der Waals surface area contributed by atoms with Gasteiger partial charge >= 0.3 is 6.03 Å². The zero-order valence-corrected chi connectivity index (χ0v) is 20.1. The van der Waals surface area contributed by atoms with Crippen LogP contribution in [0.15, 0.2) is 6.07 Å². The molecule has 3 heterocycles. The predicted octanol–water partition coefficient (Wildman–Crippen LogP) is 1.92. The second-order valence-electron chi connectivity index (χ2n) is 8.73. The normalized spacial score (nSPS) is 17.9. The molecule has 3 N–H and O–H groups in total. The topological polar surface area (TPSA) is 104 Å². The van der Waals surface area contributed by atoms with E-state index in [9.17, 15) is 9.59 Å². The number of nitrogens with one attached hydrogen (secondary N) is 1. The molecule has 2 aliphatic heterocycles. The Morgan fingerprint density at radius 3 is 2.58 bits per heavy atom. The number of hydrogen-bond donors (Lipinski definition) is 2. The van der Waals surface area contributed by atoms with Crippen molar-refractivity contribution in [3.05, 3.63) is 16.7 Å². The highest BCUT2D eigenvalue weighted by Crippen LogP contribution is 2.26. The van der Waals surface area contributed by atoms with E-state index in [1.165, 1.54) is 13.2 Å². The number of pyridine rings is 1. The third-order valence-electron chi connectivity index (χ3n) is 6.39. The number of carbonyl (C=O) groups is 2. The van der Waals surface area contributed by atoms with Gasteiger partial charge in [-0.25, -0.2) is 4.79 Å². The summed E-state index contributed by atoms with van der Waals surface area (Å²) in [5.74, 6) is 3.13. The number of piperidine rings is 2. The first-order chi connectivity index (χ1) is 15.8. The van der Waals surface area contributed by atoms with Gasteiger partial charge in [0, 0.05) is 45.8 Å². The Kier molecular flexibility index (Phi) is 8.64. The summed E-state index contributed by atoms with van der Waals surface area (Å²) >= 11 is 6.04. The Bertz CT molecular complexity index is 889. The van der Waals surface area contributed by atoms with E-state index in [1.807, 2.05) is 4.90 Å². The molecule has 1 aromatic heterocycles. The number of methoxy groups -OCH3 is 1. The monoisotopic (exact) mass is 476 g/mol. The number of nitrogens with two attached hydrogens (primary N) is 1. The largest absolute Gasteiger partial charge is 0.480 e. The molecule has 9 nitrogen and oxygen atoms in total. The molecule has 0 unspecified atom stereocenters. The first-order valence-corrected chi connectivity index (χ1v) is 11.7. The fraction of sp³-hybridized carbons (Fsp3) is 0.609. The number of terminal acetylenes is 1. The molecule has 3 amide bonds. The molecule has 0 spiro atoms. The summed E-state index contributed by atoms with van der Waals surface area (Å²) in [5.41, 5.74) is 5.99. The van der Waals surface area contributed by atoms with Crippen LogP contribution in [0.4, 0.5) is 10.6 Å². The van der Waals surface area contributed by atoms with Crippen LogP contribution in [0.2, 0.25) is 5.02 Å². The highest BCUT2D eigenvalue weighted by atomic mass is 35.5. The summed E-state index contributed by atoms with van der Waals surface area (Å²) in [5, 5.41) is 3.30. The molecule has 2 aliphatic rings. The third kappa shape index (κ3) is 6.42. The zero-order chi connectivity index (χ0) is 24.0. The molecule has 33 heavy (non-hydrogen) atoms. The lowest BCUT2D eigenvalue weighted by molar-refractivity contribution is 0.0886. The molecular weight excluding hydrogens is 444 g/mol. The Morgan fingerprint density at radius 1 is 1.30 bits per heavy atom. The second kappa shape index (κ2) is 11.4. The Morgan fingerprint density at radius 2 is 1.97 bits per heavy atom. The van der Waals surface area contributed by atoms with Gasteiger partial charge in [0.2, 0.25) is 5.88 Å². The van der Waals surface area contributed by atoms with Crippen LogP contribution in [-0.2, 0) is 0 Å². The quantitative estimate of drug-likeness (QED) is 0.608. The van der Waals surface area contributed by atoms with Crippen molar-refractivity contribution in [2.75, 3.05) is 59.2 Å². The molecule has 2 saturated heterocycles. The average molecular weight is 477 g/mol. The fourth-order valence-corrected chi connectivity index (χ4v) is 4.60. The molecule has 3 rings (SSSR count). The number of amides is 3. The zero-order valence-electron chi connectivity index (χ0n) is 19.3. The van der Waals surface area contributed by atoms with Gasteiger partial charge in [0.25, 0.3) is 5.91 Å². The number of halogens is 1. The molecule has 180 valence electrons. The van der Waals surface area contributed by atoms with E-state index in [0.29, 0.717) is 12.5 Å². The molecule has 0 saturated carbocycles. The minimum absolute atomic E-state index is 0.0113. The van der Waals surface area contributed by atoms with Gasteiger partial charge in [-0.2, -0.15) is 4.98 Å². The van der Waals surface area contributed by atoms with Crippen LogP contribution in [0.1, 0.15) is 36.0 Å². The summed E-state index contributed by atoms with van der Waals surface area (Å²) in [4.78, 5) is 35.1. The summed E-state index contributed by atoms with van der Waals surface area (Å²) < 4.78 is 5.19. The first-order valence-electron chi connectivity index (χ1n) is 11.3. The van der Waals surface area contributed by atoms with Gasteiger partial charge in [-0.3, -0.25) is 4.79 Å². The van der Waals surface area contributed by atoms with Gasteiger partial charge in [0.1, 0.15) is 11.4 Å². The SMILES string of the molecule is C#CCN(C)C(=O)N1CCC(CN2CCC(NC(=O)c3cc(Cl)c(N)nc3OC)CC2)CC1. The molecule has 0 bridgehead atoms. The highest BCUT2D eigenvalue weighted by molar-refractivity contribution is 6.33. The summed E-state index contributed by atoms with van der Waals surface area (Å²) in [7, 11) is 3.19. The molecule has 0 radical (unpaired) electrons. The van der Waals surface area contributed by atoms with Crippen molar-refractivity contribution in [2.24, 2.45) is 5.92 Å². The minimum atomic E-state index is -0.258. The Hall–Kier alpha value is -2.70. The van der Waals surface area contributed by atoms with E-state index in [2.05, 4.69) is 21.1 Å². The molecule has 2 fully saturated rings. The minimum Gasteiger partial charge on any atom is -0.480 e. The van der Waals surface area contributed by atoms with Crippen molar-refractivity contribution in [1.29, 1.82) is 0 Å². The lowest BCUT2D eigenvalue weighted by Crippen LogP contribution is -2.48. The van der Waals surface area contributed by atoms with Crippen molar-refractivity contribution >= 4 is 29.4 Å². The van der Waals surface area contributed by atoms with Crippen molar-refractivity contribution in [1.82, 2.24) is 25.0 Å². The maximum atomic E-state index is 12.7. The van der Waals surface area contributed by atoms with Gasteiger partial charge in [-0.05, 0) is 37.7 Å². The highest BCUT2D eigenvalue weighted by Gasteiger charge is 2.28. The number of likely N-dealkylation sites (tertiary alicyclic amines) is 2. The van der Waals surface area contributed by atoms with E-state index in [-0.39, 0.29) is 40.3 Å². The third-order valence-corrected chi connectivity index (χ3v) is 6.69. The van der Waals surface area contributed by atoms with Crippen LogP contribution in [0, 0.1) is 18.3 Å². The maximum Gasteiger partial charge on any atom is 0.320 e. The Labute approximate surface area is 200 Å². The summed E-state index contributed by atoms with van der Waals surface area (Å²) in [6.45, 7) is 4.74. The molecule has 0 aliphatic carbocycles. The van der Waals surface area contributed by atoms with Crippen LogP contribution in [0.25, 0.3) is 0 Å². The number of aromatic nitrogens is 1. The average Bonchev–Trinajstić information content (AvgIpc) is 2.82. The van der Waals surface area contributed by atoms with Gasteiger partial charge < -0.3 is 30.5 Å². The number of hydrogen-bond acceptors (Lipinski definition) is 6. The van der Waals surface area contributed by atoms with E-state index in [4.69, 9.17) is 28.5 Å². The molecular formula is C23H33ClN6O3. The smallest absolute Gasteiger partial charge is 0.320 e. The lowest BCUT2D eigenvalue weighted by atomic mass is 9.95. The van der Waals surface area contributed by atoms with E-state index in [1.54, 1.807) is 11.9 Å². The second-order valence-corrected chi connectivity index (χ2v) is 9.14. The number of urea groups is 1. The van der Waals surface area contributed by atoms with Crippen LogP contribution < -0.4 is 15.8 Å². The van der Waals surface area contributed by atoms with Crippen LogP contribution >= 0.6 is 11.6 Å². The van der Waals surface area contributed by atoms with Crippen LogP contribution in [-0.4, -0.2) is 91.1 Å². The van der Waals surface area contributed by atoms with Gasteiger partial charge in [0.05, 0.1) is 18.7 Å². The lowest BCUT2D eigenvalue weighted by Gasteiger charge is -2.38. The number of ether oxygens (including phenoxy) is 1. The number of carbonyl (C=O) groups excluding carboxylic acids is 2. The summed E-state index contributed by atoms with van der Waals surface area (Å²) in [6, 6.07) is 1.59. The van der Waals surface area contributed by atoms with Gasteiger partial charge in [-0.1, -0.05) is 17.5 Å². The number of nitrogen functional groups attached to an aromatic ring is 1. The molecule has 1 aromatic rings. The van der Waals surface area contributed by atoms with Crippen molar-refractivity contribution < 1.29 is 14.3 Å². The predicted molar refractivity (Wildman–Crippen MR) is 128 cm³/mol. The molecule has 0 aromatic carbocycles. The van der Waals surface area contributed by atoms with E-state index < -0.39 is 0 Å². The van der Waals surface area contributed by atoms with E-state index in [0.717, 1.165) is 58.4 Å². The summed E-state index contributed by atoms with van der Waals surface area (Å²) in [6.07, 6.45) is 9.04. The molecule has 0 atom stereocenters. The van der Waals surface area contributed by atoms with Crippen LogP contribution in [0.5, 0.6) is 5.88 Å². The number of rotatable bonds is 6. The number of anilines is 1. The fourth-order valence-electron chi connectivity index (χ4n) is 4.44. The van der Waals surface area contributed by atoms with Crippen molar-refractivity contribution in [3.63, 3.8) is 0 Å². The van der Waals surface area contributed by atoms with Gasteiger partial charge in [-0.15, -0.1) is 6.42 Å². The van der Waals surface area contributed by atoms with Crippen molar-refractivity contribution in [3.8, 4) is 18.2 Å².